The summed E-state index contributed by atoms with van der Waals surface area (Å²) in [5.41, 5.74) is -0.0220. The Morgan fingerprint density at radius 1 is 1.29 bits per heavy atom. The number of thiophene rings is 1. The molecule has 0 N–H and O–H groups in total. The Kier molecular flexibility index (Phi) is 2.55. The highest BCUT2D eigenvalue weighted by molar-refractivity contribution is 7.18. The Hall–Kier alpha value is -0.520. The third kappa shape index (κ3) is 1.55. The molecule has 2 rings (SSSR count). The normalized spacial score (nSPS) is 11.5. The van der Waals surface area contributed by atoms with Crippen molar-refractivity contribution < 1.29 is 8.78 Å². The van der Waals surface area contributed by atoms with Gasteiger partial charge in [-0.05, 0) is 11.6 Å². The lowest BCUT2D eigenvalue weighted by Crippen LogP contribution is -1.87. The zero-order valence-electron chi connectivity index (χ0n) is 6.47. The van der Waals surface area contributed by atoms with Crippen molar-refractivity contribution in [2.24, 2.45) is 0 Å². The molecule has 2 aromatic rings. The molecule has 0 aromatic carbocycles. The molecule has 0 fully saturated rings. The van der Waals surface area contributed by atoms with Crippen molar-refractivity contribution in [3.05, 3.63) is 21.4 Å². The van der Waals surface area contributed by atoms with Gasteiger partial charge in [0.05, 0.1) is 15.8 Å². The van der Waals surface area contributed by atoms with E-state index in [4.69, 9.17) is 23.2 Å². The molecular weight excluding hydrogens is 253 g/mol. The monoisotopic (exact) mass is 254 g/mol. The van der Waals surface area contributed by atoms with Crippen LogP contribution in [0.3, 0.4) is 0 Å². The smallest absolute Gasteiger partial charge is 0.216 e. The standard InChI is InChI=1S/C7H2Cl2F2N2S/c8-5-4-3(12-7(9)13-5)2(1-14-4)6(10)11/h1,6H. The van der Waals surface area contributed by atoms with Crippen LogP contribution >= 0.6 is 34.5 Å². The summed E-state index contributed by atoms with van der Waals surface area (Å²) in [5.74, 6) is 0. The number of nitrogens with zero attached hydrogens (tertiary/aromatic N) is 2. The number of hydrogen-bond donors (Lipinski definition) is 0. The maximum absolute atomic E-state index is 12.5. The molecule has 0 unspecified atom stereocenters. The highest BCUT2D eigenvalue weighted by Gasteiger charge is 2.17. The van der Waals surface area contributed by atoms with Crippen molar-refractivity contribution in [3.8, 4) is 0 Å². The minimum atomic E-state index is -2.58. The molecule has 0 radical (unpaired) electrons. The fourth-order valence-electron chi connectivity index (χ4n) is 1.03. The van der Waals surface area contributed by atoms with Crippen molar-refractivity contribution in [3.63, 3.8) is 0 Å². The molecule has 2 nitrogen and oxygen atoms in total. The summed E-state index contributed by atoms with van der Waals surface area (Å²) in [5, 5.41) is 1.30. The third-order valence-electron chi connectivity index (χ3n) is 1.61. The van der Waals surface area contributed by atoms with Crippen molar-refractivity contribution in [2.45, 2.75) is 6.43 Å². The quantitative estimate of drug-likeness (QED) is 0.569. The Morgan fingerprint density at radius 3 is 2.64 bits per heavy atom. The van der Waals surface area contributed by atoms with Crippen LogP contribution in [-0.2, 0) is 0 Å². The number of rotatable bonds is 1. The second-order valence-corrected chi connectivity index (χ2v) is 4.03. The largest absolute Gasteiger partial charge is 0.266 e. The van der Waals surface area contributed by atoms with E-state index in [1.807, 2.05) is 0 Å². The maximum atomic E-state index is 12.5. The van der Waals surface area contributed by atoms with Crippen LogP contribution in [0.15, 0.2) is 5.38 Å². The first-order chi connectivity index (χ1) is 6.59. The first-order valence-electron chi connectivity index (χ1n) is 3.48. The zero-order chi connectivity index (χ0) is 10.3. The minimum absolute atomic E-state index is 0.108. The average molecular weight is 255 g/mol. The van der Waals surface area contributed by atoms with Crippen molar-refractivity contribution >= 4 is 44.8 Å². The van der Waals surface area contributed by atoms with Gasteiger partial charge in [0.15, 0.2) is 5.15 Å². The average Bonchev–Trinajstić information content (AvgIpc) is 2.47. The van der Waals surface area contributed by atoms with Gasteiger partial charge >= 0.3 is 0 Å². The van der Waals surface area contributed by atoms with E-state index in [0.29, 0.717) is 4.70 Å². The molecule has 0 bridgehead atoms. The maximum Gasteiger partial charge on any atom is 0.266 e. The molecule has 0 amide bonds. The van der Waals surface area contributed by atoms with Crippen LogP contribution in [0.25, 0.3) is 10.2 Å². The van der Waals surface area contributed by atoms with Gasteiger partial charge in [-0.2, -0.15) is 0 Å². The molecule has 0 aliphatic heterocycles. The van der Waals surface area contributed by atoms with E-state index in [1.54, 1.807) is 0 Å². The van der Waals surface area contributed by atoms with Gasteiger partial charge in [-0.15, -0.1) is 11.3 Å². The molecule has 0 aliphatic carbocycles. The van der Waals surface area contributed by atoms with Crippen molar-refractivity contribution in [2.75, 3.05) is 0 Å². The molecule has 7 heteroatoms. The second-order valence-electron chi connectivity index (χ2n) is 2.45. The lowest BCUT2D eigenvalue weighted by molar-refractivity contribution is 0.153. The second kappa shape index (κ2) is 3.56. The fraction of sp³-hybridized carbons (Fsp3) is 0.143. The molecule has 14 heavy (non-hydrogen) atoms. The van der Waals surface area contributed by atoms with E-state index in [-0.39, 0.29) is 21.5 Å². The van der Waals surface area contributed by atoms with Gasteiger partial charge in [0.1, 0.15) is 0 Å². The fourth-order valence-corrected chi connectivity index (χ4v) is 2.42. The van der Waals surface area contributed by atoms with Crippen LogP contribution in [0.1, 0.15) is 12.0 Å². The molecule has 0 spiro atoms. The first kappa shape index (κ1) is 10.0. The van der Waals surface area contributed by atoms with Crippen LogP contribution < -0.4 is 0 Å². The predicted molar refractivity (Wildman–Crippen MR) is 52.4 cm³/mol. The summed E-state index contributed by atoms with van der Waals surface area (Å²) in [6, 6.07) is 0. The van der Waals surface area contributed by atoms with Gasteiger partial charge in [0.25, 0.3) is 6.43 Å². The van der Waals surface area contributed by atoms with Crippen LogP contribution in [0.2, 0.25) is 10.4 Å². The highest BCUT2D eigenvalue weighted by Crippen LogP contribution is 2.35. The third-order valence-corrected chi connectivity index (χ3v) is 3.16. The van der Waals surface area contributed by atoms with E-state index < -0.39 is 6.43 Å². The molecule has 2 aromatic heterocycles. The Bertz CT molecular complexity index is 486. The lowest BCUT2D eigenvalue weighted by atomic mass is 10.3. The molecular formula is C7H2Cl2F2N2S. The van der Waals surface area contributed by atoms with Gasteiger partial charge in [0, 0.05) is 5.38 Å². The minimum Gasteiger partial charge on any atom is -0.216 e. The molecule has 74 valence electrons. The molecule has 0 saturated heterocycles. The number of hydrogen-bond acceptors (Lipinski definition) is 3. The van der Waals surface area contributed by atoms with E-state index in [0.717, 1.165) is 11.3 Å². The van der Waals surface area contributed by atoms with Gasteiger partial charge in [0.2, 0.25) is 5.28 Å². The van der Waals surface area contributed by atoms with Crippen LogP contribution in [0.4, 0.5) is 8.78 Å². The van der Waals surface area contributed by atoms with Crippen molar-refractivity contribution in [1.29, 1.82) is 0 Å². The topological polar surface area (TPSA) is 25.8 Å². The van der Waals surface area contributed by atoms with Gasteiger partial charge in [-0.1, -0.05) is 11.6 Å². The number of halogens is 4. The summed E-state index contributed by atoms with van der Waals surface area (Å²) in [7, 11) is 0. The number of fused-ring (bicyclic) bond motifs is 1. The SMILES string of the molecule is FC(F)c1csc2c(Cl)nc(Cl)nc12. The van der Waals surface area contributed by atoms with Crippen LogP contribution in [-0.4, -0.2) is 9.97 Å². The Morgan fingerprint density at radius 2 is 2.00 bits per heavy atom. The van der Waals surface area contributed by atoms with E-state index >= 15 is 0 Å². The summed E-state index contributed by atoms with van der Waals surface area (Å²) in [6.45, 7) is 0. The van der Waals surface area contributed by atoms with Crippen molar-refractivity contribution in [1.82, 2.24) is 9.97 Å². The van der Waals surface area contributed by atoms with Crippen LogP contribution in [0.5, 0.6) is 0 Å². The lowest BCUT2D eigenvalue weighted by Gasteiger charge is -1.97. The van der Waals surface area contributed by atoms with E-state index in [1.165, 1.54) is 5.38 Å². The molecule has 2 heterocycles. The highest BCUT2D eigenvalue weighted by atomic mass is 35.5. The van der Waals surface area contributed by atoms with Crippen LogP contribution in [0, 0.1) is 0 Å². The summed E-state index contributed by atoms with van der Waals surface area (Å²) < 4.78 is 25.3. The molecule has 0 saturated carbocycles. The summed E-state index contributed by atoms with van der Waals surface area (Å²) >= 11 is 12.3. The summed E-state index contributed by atoms with van der Waals surface area (Å²) in [6.07, 6.45) is -2.58. The van der Waals surface area contributed by atoms with E-state index in [9.17, 15) is 8.78 Å². The van der Waals surface area contributed by atoms with Gasteiger partial charge in [-0.25, -0.2) is 18.7 Å². The molecule has 0 aliphatic rings. The Balaban J connectivity index is 2.78. The summed E-state index contributed by atoms with van der Waals surface area (Å²) in [4.78, 5) is 7.38. The van der Waals surface area contributed by atoms with Gasteiger partial charge < -0.3 is 0 Å². The number of alkyl halides is 2. The first-order valence-corrected chi connectivity index (χ1v) is 5.11. The Labute approximate surface area is 91.5 Å². The van der Waals surface area contributed by atoms with Gasteiger partial charge in [-0.3, -0.25) is 0 Å². The van der Waals surface area contributed by atoms with E-state index in [2.05, 4.69) is 9.97 Å². The predicted octanol–water partition coefficient (Wildman–Crippen LogP) is 3.94. The zero-order valence-corrected chi connectivity index (χ0v) is 8.80. The molecule has 0 atom stereocenters. The number of aromatic nitrogens is 2.